The highest BCUT2D eigenvalue weighted by molar-refractivity contribution is 6.33. The summed E-state index contributed by atoms with van der Waals surface area (Å²) in [6.07, 6.45) is 1.49. The van der Waals surface area contributed by atoms with Gasteiger partial charge in [0.1, 0.15) is 5.82 Å². The average Bonchev–Trinajstić information content (AvgIpc) is 2.77. The SMILES string of the molecule is CNc1cc(C(=O)NCC2C(C)(C)C2(C)C)c(Cl)cn1. The van der Waals surface area contributed by atoms with Crippen molar-refractivity contribution in [1.82, 2.24) is 10.3 Å². The van der Waals surface area contributed by atoms with Gasteiger partial charge in [0.2, 0.25) is 0 Å². The number of hydrogen-bond donors (Lipinski definition) is 2. The molecule has 1 amide bonds. The highest BCUT2D eigenvalue weighted by atomic mass is 35.5. The molecule has 2 N–H and O–H groups in total. The van der Waals surface area contributed by atoms with Crippen molar-refractivity contribution in [3.63, 3.8) is 0 Å². The van der Waals surface area contributed by atoms with Gasteiger partial charge >= 0.3 is 0 Å². The van der Waals surface area contributed by atoms with Gasteiger partial charge in [-0.25, -0.2) is 4.98 Å². The fourth-order valence-electron chi connectivity index (χ4n) is 2.88. The number of pyridine rings is 1. The van der Waals surface area contributed by atoms with E-state index in [1.54, 1.807) is 13.1 Å². The summed E-state index contributed by atoms with van der Waals surface area (Å²) in [5.41, 5.74) is 0.985. The van der Waals surface area contributed by atoms with Gasteiger partial charge in [0.25, 0.3) is 5.91 Å². The normalized spacial score (nSPS) is 19.5. The van der Waals surface area contributed by atoms with Crippen molar-refractivity contribution in [2.75, 3.05) is 18.9 Å². The summed E-state index contributed by atoms with van der Waals surface area (Å²) in [4.78, 5) is 16.3. The van der Waals surface area contributed by atoms with Crippen molar-refractivity contribution in [3.05, 3.63) is 22.8 Å². The molecule has 4 nitrogen and oxygen atoms in total. The number of carbonyl (C=O) groups excluding carboxylic acids is 1. The zero-order valence-corrected chi connectivity index (χ0v) is 13.4. The molecule has 1 aliphatic carbocycles. The van der Waals surface area contributed by atoms with Gasteiger partial charge in [-0.3, -0.25) is 4.79 Å². The third-order valence-electron chi connectivity index (χ3n) is 5.14. The van der Waals surface area contributed by atoms with E-state index in [1.807, 2.05) is 0 Å². The van der Waals surface area contributed by atoms with Crippen LogP contribution in [0.25, 0.3) is 0 Å². The maximum atomic E-state index is 12.2. The Hall–Kier alpha value is -1.29. The first-order chi connectivity index (χ1) is 9.21. The van der Waals surface area contributed by atoms with Gasteiger partial charge in [0.05, 0.1) is 10.6 Å². The van der Waals surface area contributed by atoms with Crippen LogP contribution in [0.1, 0.15) is 38.1 Å². The summed E-state index contributed by atoms with van der Waals surface area (Å²) in [5.74, 6) is 0.974. The molecule has 0 bridgehead atoms. The van der Waals surface area contributed by atoms with Crippen molar-refractivity contribution in [2.45, 2.75) is 27.7 Å². The molecule has 1 aliphatic rings. The molecule has 1 aromatic rings. The first kappa shape index (κ1) is 15.1. The van der Waals surface area contributed by atoms with Crippen LogP contribution in [0.15, 0.2) is 12.3 Å². The van der Waals surface area contributed by atoms with Crippen LogP contribution in [0.5, 0.6) is 0 Å². The average molecular weight is 296 g/mol. The summed E-state index contributed by atoms with van der Waals surface area (Å²) < 4.78 is 0. The molecule has 1 heterocycles. The van der Waals surface area contributed by atoms with Crippen LogP contribution in [0.4, 0.5) is 5.82 Å². The van der Waals surface area contributed by atoms with E-state index in [0.29, 0.717) is 28.9 Å². The van der Waals surface area contributed by atoms with E-state index in [-0.39, 0.29) is 16.7 Å². The number of hydrogen-bond acceptors (Lipinski definition) is 3. The lowest BCUT2D eigenvalue weighted by Crippen LogP contribution is -2.27. The van der Waals surface area contributed by atoms with Crippen LogP contribution in [0.3, 0.4) is 0 Å². The number of rotatable bonds is 4. The monoisotopic (exact) mass is 295 g/mol. The van der Waals surface area contributed by atoms with Crippen LogP contribution < -0.4 is 10.6 Å². The third-order valence-corrected chi connectivity index (χ3v) is 5.44. The van der Waals surface area contributed by atoms with E-state index in [2.05, 4.69) is 43.3 Å². The van der Waals surface area contributed by atoms with Gasteiger partial charge in [-0.1, -0.05) is 39.3 Å². The molecule has 0 atom stereocenters. The maximum Gasteiger partial charge on any atom is 0.253 e. The third kappa shape index (κ3) is 2.37. The minimum absolute atomic E-state index is 0.146. The van der Waals surface area contributed by atoms with Gasteiger partial charge in [-0.2, -0.15) is 0 Å². The van der Waals surface area contributed by atoms with Crippen LogP contribution in [-0.2, 0) is 0 Å². The van der Waals surface area contributed by atoms with Crippen LogP contribution in [-0.4, -0.2) is 24.5 Å². The zero-order chi connectivity index (χ0) is 15.1. The molecule has 5 heteroatoms. The molecule has 0 aliphatic heterocycles. The molecule has 110 valence electrons. The van der Waals surface area contributed by atoms with Crippen molar-refractivity contribution >= 4 is 23.3 Å². The molecule has 2 rings (SSSR count). The van der Waals surface area contributed by atoms with Crippen molar-refractivity contribution in [1.29, 1.82) is 0 Å². The van der Waals surface area contributed by atoms with E-state index in [9.17, 15) is 4.79 Å². The first-order valence-electron chi connectivity index (χ1n) is 6.83. The number of nitrogens with zero attached hydrogens (tertiary/aromatic N) is 1. The van der Waals surface area contributed by atoms with E-state index in [4.69, 9.17) is 11.6 Å². The van der Waals surface area contributed by atoms with Gasteiger partial charge < -0.3 is 10.6 Å². The topological polar surface area (TPSA) is 54.0 Å². The minimum Gasteiger partial charge on any atom is -0.373 e. The maximum absolute atomic E-state index is 12.2. The lowest BCUT2D eigenvalue weighted by molar-refractivity contribution is 0.0950. The Bertz CT molecular complexity index is 526. The fourth-order valence-corrected chi connectivity index (χ4v) is 3.07. The number of carbonyl (C=O) groups is 1. The summed E-state index contributed by atoms with van der Waals surface area (Å²) in [6, 6.07) is 1.67. The van der Waals surface area contributed by atoms with Crippen molar-refractivity contribution < 1.29 is 4.79 Å². The largest absolute Gasteiger partial charge is 0.373 e. The molecule has 0 unspecified atom stereocenters. The Labute approximate surface area is 125 Å². The minimum atomic E-state index is -0.146. The molecule has 1 saturated carbocycles. The molecule has 0 radical (unpaired) electrons. The number of amides is 1. The van der Waals surface area contributed by atoms with Gasteiger partial charge in [-0.05, 0) is 22.8 Å². The molecule has 1 fully saturated rings. The molecule has 0 aromatic carbocycles. The Morgan fingerprint density at radius 2 is 1.95 bits per heavy atom. The second-order valence-electron chi connectivity index (χ2n) is 6.51. The highest BCUT2D eigenvalue weighted by Crippen LogP contribution is 2.67. The summed E-state index contributed by atoms with van der Waals surface area (Å²) in [7, 11) is 1.76. The van der Waals surface area contributed by atoms with Crippen LogP contribution >= 0.6 is 11.6 Å². The van der Waals surface area contributed by atoms with E-state index in [1.165, 1.54) is 6.20 Å². The lowest BCUT2D eigenvalue weighted by atomic mass is 10.0. The Morgan fingerprint density at radius 3 is 2.45 bits per heavy atom. The number of aromatic nitrogens is 1. The van der Waals surface area contributed by atoms with Gasteiger partial charge in [0, 0.05) is 19.8 Å². The Balaban J connectivity index is 2.03. The molecule has 0 spiro atoms. The first-order valence-corrected chi connectivity index (χ1v) is 7.21. The Kier molecular flexibility index (Phi) is 3.71. The second-order valence-corrected chi connectivity index (χ2v) is 6.91. The van der Waals surface area contributed by atoms with Gasteiger partial charge in [0.15, 0.2) is 0 Å². The second kappa shape index (κ2) is 4.92. The quantitative estimate of drug-likeness (QED) is 0.897. The smallest absolute Gasteiger partial charge is 0.253 e. The van der Waals surface area contributed by atoms with E-state index in [0.717, 1.165) is 0 Å². The molecule has 1 aromatic heterocycles. The molecule has 20 heavy (non-hydrogen) atoms. The summed E-state index contributed by atoms with van der Waals surface area (Å²) >= 11 is 6.04. The van der Waals surface area contributed by atoms with Crippen molar-refractivity contribution in [3.8, 4) is 0 Å². The molecule has 0 saturated heterocycles. The predicted molar refractivity (Wildman–Crippen MR) is 82.2 cm³/mol. The van der Waals surface area contributed by atoms with Crippen LogP contribution in [0, 0.1) is 16.7 Å². The molecular formula is C15H22ClN3O. The summed E-state index contributed by atoms with van der Waals surface area (Å²) in [6.45, 7) is 9.63. The zero-order valence-electron chi connectivity index (χ0n) is 12.7. The number of halogens is 1. The van der Waals surface area contributed by atoms with E-state index < -0.39 is 0 Å². The number of nitrogens with one attached hydrogen (secondary N) is 2. The highest BCUT2D eigenvalue weighted by Gasteiger charge is 2.64. The fraction of sp³-hybridized carbons (Fsp3) is 0.600. The Morgan fingerprint density at radius 1 is 1.35 bits per heavy atom. The molecular weight excluding hydrogens is 274 g/mol. The van der Waals surface area contributed by atoms with Crippen LogP contribution in [0.2, 0.25) is 5.02 Å². The van der Waals surface area contributed by atoms with Gasteiger partial charge in [-0.15, -0.1) is 0 Å². The van der Waals surface area contributed by atoms with E-state index >= 15 is 0 Å². The predicted octanol–water partition coefficient (Wildman–Crippen LogP) is 3.19. The van der Waals surface area contributed by atoms with Crippen molar-refractivity contribution in [2.24, 2.45) is 16.7 Å². The number of anilines is 1. The lowest BCUT2D eigenvalue weighted by Gasteiger charge is -2.09. The summed E-state index contributed by atoms with van der Waals surface area (Å²) in [5, 5.41) is 6.26. The standard InChI is InChI=1S/C15H22ClN3O/c1-14(2)11(15(14,3)4)8-19-13(20)9-6-12(17-5)18-7-10(9)16/h6-7,11H,8H2,1-5H3,(H,17,18)(H,19,20).